The molecule has 4 aromatic carbocycles. The van der Waals surface area contributed by atoms with Gasteiger partial charge in [-0.1, -0.05) is 84.8 Å². The number of primary amides is 1. The van der Waals surface area contributed by atoms with Crippen LogP contribution in [-0.2, 0) is 52.8 Å². The van der Waals surface area contributed by atoms with Crippen LogP contribution in [0, 0.1) is 25.7 Å². The number of nitrogens with zero attached hydrogens (tertiary/aromatic N) is 1. The molecule has 74 heavy (non-hydrogen) atoms. The van der Waals surface area contributed by atoms with Gasteiger partial charge in [-0.15, -0.1) is 0 Å². The molecule has 0 aliphatic heterocycles. The fourth-order valence-corrected chi connectivity index (χ4v) is 8.13. The van der Waals surface area contributed by atoms with Crippen molar-refractivity contribution in [3.63, 3.8) is 0 Å². The molecule has 9 N–H and O–H groups in total. The number of urea groups is 1. The molecule has 4 atom stereocenters. The number of hydrogen-bond donors (Lipinski definition) is 8. The first-order chi connectivity index (χ1) is 35.5. The van der Waals surface area contributed by atoms with Crippen LogP contribution in [-0.4, -0.2) is 81.0 Å². The van der Waals surface area contributed by atoms with E-state index in [2.05, 4.69) is 31.6 Å². The summed E-state index contributed by atoms with van der Waals surface area (Å²) in [5, 5.41) is 33.2. The Labute approximate surface area is 430 Å². The van der Waals surface area contributed by atoms with Crippen LogP contribution in [0.15, 0.2) is 128 Å². The number of Topliss-reactive ketones (excluding diaryl/α,β-unsaturated/α-hetero) is 2. The number of carboxylic acid groups (broad SMARTS) is 1. The van der Waals surface area contributed by atoms with Crippen LogP contribution in [0.1, 0.15) is 84.7 Å². The molecule has 0 radical (unpaired) electrons. The van der Waals surface area contributed by atoms with Gasteiger partial charge < -0.3 is 42.5 Å². The van der Waals surface area contributed by atoms with Crippen LogP contribution in [0.5, 0.6) is 5.75 Å². The minimum Gasteiger partial charge on any atom is -0.508 e. The third kappa shape index (κ3) is 20.0. The number of carbonyl (C=O) groups is 8. The highest BCUT2D eigenvalue weighted by Gasteiger charge is 2.32. The summed E-state index contributed by atoms with van der Waals surface area (Å²) in [6.45, 7) is 4.05. The molecule has 0 aliphatic rings. The fraction of sp³-hybridized carbons (Fsp3) is 0.316. The van der Waals surface area contributed by atoms with Crippen molar-refractivity contribution in [1.82, 2.24) is 20.9 Å². The first kappa shape index (κ1) is 56.4. The lowest BCUT2D eigenvalue weighted by molar-refractivity contribution is -0.137. The number of carbonyl (C=O) groups excluding carboxylic acids is 7. The lowest BCUT2D eigenvalue weighted by Crippen LogP contribution is -2.49. The number of rotatable bonds is 29. The van der Waals surface area contributed by atoms with Gasteiger partial charge in [-0.3, -0.25) is 38.5 Å². The highest BCUT2D eigenvalue weighted by atomic mass is 16.4. The topological polar surface area (TPSA) is 276 Å². The Morgan fingerprint density at radius 2 is 1.34 bits per heavy atom. The fourth-order valence-electron chi connectivity index (χ4n) is 8.13. The van der Waals surface area contributed by atoms with E-state index < -0.39 is 65.8 Å². The Balaban J connectivity index is 1.31. The molecule has 5 rings (SSSR count). The number of nitrogens with one attached hydrogen (secondary N) is 5. The van der Waals surface area contributed by atoms with Crippen molar-refractivity contribution in [2.45, 2.75) is 96.6 Å². The molecule has 5 aromatic rings. The third-order valence-corrected chi connectivity index (χ3v) is 12.3. The summed E-state index contributed by atoms with van der Waals surface area (Å²) in [5.74, 6) is -6.33. The summed E-state index contributed by atoms with van der Waals surface area (Å²) < 4.78 is 0. The Hall–Kier alpha value is -8.47. The van der Waals surface area contributed by atoms with E-state index in [-0.39, 0.29) is 75.4 Å². The number of anilines is 2. The van der Waals surface area contributed by atoms with E-state index in [1.165, 1.54) is 18.2 Å². The van der Waals surface area contributed by atoms with Gasteiger partial charge in [-0.05, 0) is 116 Å². The summed E-state index contributed by atoms with van der Waals surface area (Å²) >= 11 is 0. The van der Waals surface area contributed by atoms with Crippen LogP contribution in [0.25, 0.3) is 6.08 Å². The van der Waals surface area contributed by atoms with Crippen LogP contribution in [0.3, 0.4) is 0 Å². The average Bonchev–Trinajstić information content (AvgIpc) is 3.37. The van der Waals surface area contributed by atoms with Gasteiger partial charge in [-0.2, -0.15) is 0 Å². The van der Waals surface area contributed by atoms with Crippen molar-refractivity contribution in [3.8, 4) is 5.75 Å². The van der Waals surface area contributed by atoms with Crippen molar-refractivity contribution in [2.24, 2.45) is 17.6 Å². The van der Waals surface area contributed by atoms with Crippen molar-refractivity contribution in [1.29, 1.82) is 0 Å². The number of aryl methyl sites for hydroxylation is 2. The first-order valence-electron chi connectivity index (χ1n) is 24.6. The number of nitrogens with two attached hydrogens (primary N) is 1. The lowest BCUT2D eigenvalue weighted by atomic mass is 9.88. The molecular formula is C57H65N7O10. The molecule has 0 saturated heterocycles. The van der Waals surface area contributed by atoms with E-state index in [1.807, 2.05) is 56.3 Å². The lowest BCUT2D eigenvalue weighted by Gasteiger charge is -2.25. The molecule has 0 fully saturated rings. The number of hydrogen-bond acceptors (Lipinski definition) is 10. The van der Waals surface area contributed by atoms with Gasteiger partial charge in [0.25, 0.3) is 0 Å². The number of para-hydroxylation sites is 1. The number of carboxylic acids is 1. The first-order valence-corrected chi connectivity index (χ1v) is 24.6. The second-order valence-corrected chi connectivity index (χ2v) is 18.4. The van der Waals surface area contributed by atoms with Crippen LogP contribution in [0.2, 0.25) is 0 Å². The number of pyridine rings is 1. The Morgan fingerprint density at radius 1 is 0.676 bits per heavy atom. The standard InChI is InChI=1S/C57H65N7O10/c1-37-15-17-39(18-16-37)31-44(56(73)63-50(54(58)71)33-41-21-26-46(65)27-22-41)35-51(67)49(13-7-14-53(69)70)62-55(72)43(11-5-6-30-60-52(68)28-23-42-10-8-29-59-36-42)34-47(66)32-40-19-24-45(25-20-40)61-57(74)64-48-12-4-3-9-38(48)2/h3-4,8-10,12,15-29,36,43-44,49-50,65H,5-7,11,13-14,30-35H2,1-2H3,(H2,58,71)(H,60,68)(H,62,72)(H,63,73)(H,69,70)(H2,61,64,74)/b28-23+/t43-,44-,49+,50+/m1/s1. The molecule has 1 aromatic heterocycles. The predicted molar refractivity (Wildman–Crippen MR) is 282 cm³/mol. The number of benzene rings is 4. The molecule has 0 saturated carbocycles. The molecule has 0 aliphatic carbocycles. The van der Waals surface area contributed by atoms with Crippen LogP contribution >= 0.6 is 0 Å². The van der Waals surface area contributed by atoms with Gasteiger partial charge in [0.1, 0.15) is 17.6 Å². The maximum Gasteiger partial charge on any atom is 0.323 e. The molecule has 1 heterocycles. The second-order valence-electron chi connectivity index (χ2n) is 18.4. The van der Waals surface area contributed by atoms with Gasteiger partial charge >= 0.3 is 12.0 Å². The Morgan fingerprint density at radius 3 is 2.01 bits per heavy atom. The number of phenolic OH excluding ortho intramolecular Hbond substituents is 1. The minimum atomic E-state index is -1.24. The van der Waals surface area contributed by atoms with Crippen LogP contribution in [0.4, 0.5) is 16.2 Å². The molecule has 0 unspecified atom stereocenters. The molecule has 388 valence electrons. The maximum atomic E-state index is 14.4. The van der Waals surface area contributed by atoms with Gasteiger partial charge in [0, 0.05) is 80.3 Å². The summed E-state index contributed by atoms with van der Waals surface area (Å²) in [6, 6.07) is 28.1. The summed E-state index contributed by atoms with van der Waals surface area (Å²) in [5.41, 5.74) is 11.4. The predicted octanol–water partition coefficient (Wildman–Crippen LogP) is 6.94. The van der Waals surface area contributed by atoms with E-state index >= 15 is 0 Å². The normalized spacial score (nSPS) is 12.6. The van der Waals surface area contributed by atoms with Crippen molar-refractivity contribution < 1.29 is 48.6 Å². The number of amides is 6. The quantitative estimate of drug-likeness (QED) is 0.0180. The Kier molecular flexibility index (Phi) is 22.2. The number of unbranched alkanes of at least 4 members (excludes halogenated alkanes) is 1. The van der Waals surface area contributed by atoms with E-state index in [1.54, 1.807) is 73.1 Å². The van der Waals surface area contributed by atoms with Crippen molar-refractivity contribution in [3.05, 3.63) is 161 Å². The number of phenols is 1. The van der Waals surface area contributed by atoms with E-state index in [0.29, 0.717) is 35.3 Å². The third-order valence-electron chi connectivity index (χ3n) is 12.3. The number of ketones is 2. The molecule has 17 nitrogen and oxygen atoms in total. The zero-order valence-corrected chi connectivity index (χ0v) is 41.7. The van der Waals surface area contributed by atoms with Gasteiger partial charge in [0.05, 0.1) is 6.04 Å². The summed E-state index contributed by atoms with van der Waals surface area (Å²) in [6.07, 6.45) is 6.35. The molecule has 0 bridgehead atoms. The van der Waals surface area contributed by atoms with Crippen molar-refractivity contribution >= 4 is 64.6 Å². The van der Waals surface area contributed by atoms with Gasteiger partial charge in [0.2, 0.25) is 23.6 Å². The molecule has 6 amide bonds. The van der Waals surface area contributed by atoms with E-state index in [4.69, 9.17) is 5.73 Å². The Bertz CT molecular complexity index is 2730. The highest BCUT2D eigenvalue weighted by Crippen LogP contribution is 2.22. The van der Waals surface area contributed by atoms with E-state index in [0.717, 1.165) is 22.3 Å². The van der Waals surface area contributed by atoms with Crippen molar-refractivity contribution in [2.75, 3.05) is 17.2 Å². The maximum absolute atomic E-state index is 14.4. The number of aromatic nitrogens is 1. The minimum absolute atomic E-state index is 0.00627. The molecule has 17 heteroatoms. The zero-order valence-electron chi connectivity index (χ0n) is 41.7. The van der Waals surface area contributed by atoms with E-state index in [9.17, 15) is 48.6 Å². The van der Waals surface area contributed by atoms with Gasteiger partial charge in [-0.25, -0.2) is 4.79 Å². The highest BCUT2D eigenvalue weighted by molar-refractivity contribution is 6.00. The zero-order chi connectivity index (χ0) is 53.4. The largest absolute Gasteiger partial charge is 0.508 e. The van der Waals surface area contributed by atoms with Gasteiger partial charge in [0.15, 0.2) is 5.78 Å². The summed E-state index contributed by atoms with van der Waals surface area (Å²) in [4.78, 5) is 110. The average molecular weight is 1010 g/mol. The molecular weight excluding hydrogens is 943 g/mol. The summed E-state index contributed by atoms with van der Waals surface area (Å²) in [7, 11) is 0. The smallest absolute Gasteiger partial charge is 0.323 e. The molecule has 0 spiro atoms. The number of aromatic hydroxyl groups is 1. The SMILES string of the molecule is Cc1ccc(C[C@H](CC(=O)[C@H](CCCC(=O)O)NC(=O)[C@H](CCCCNC(=O)/C=C/c2cccnc2)CC(=O)Cc2ccc(NC(=O)Nc3ccccc3C)cc2)C(=O)N[C@@H](Cc2ccc(O)cc2)C(N)=O)cc1. The second kappa shape index (κ2) is 29.1. The van der Waals surface area contributed by atoms with Crippen LogP contribution < -0.4 is 32.3 Å². The number of aliphatic carboxylic acids is 1. The monoisotopic (exact) mass is 1010 g/mol.